The lowest BCUT2D eigenvalue weighted by molar-refractivity contribution is 0.287. The normalized spacial score (nSPS) is 17.2. The van der Waals surface area contributed by atoms with Crippen LogP contribution in [0.4, 0.5) is 0 Å². The lowest BCUT2D eigenvalue weighted by atomic mass is 9.92. The van der Waals surface area contributed by atoms with E-state index in [1.54, 1.807) is 0 Å². The zero-order valence-electron chi connectivity index (χ0n) is 9.00. The Kier molecular flexibility index (Phi) is 2.75. The fourth-order valence-corrected chi connectivity index (χ4v) is 2.75. The first-order chi connectivity index (χ1) is 7.04. The van der Waals surface area contributed by atoms with E-state index in [0.717, 1.165) is 9.26 Å². The molecule has 0 aliphatic heterocycles. The Hall–Kier alpha value is -0.570. The van der Waals surface area contributed by atoms with Gasteiger partial charge >= 0.3 is 0 Å². The molecule has 1 saturated carbocycles. The van der Waals surface area contributed by atoms with Crippen LogP contribution in [0.2, 0.25) is 0 Å². The molecule has 0 bridgehead atoms. The molecule has 15 heavy (non-hydrogen) atoms. The maximum absolute atomic E-state index is 9.09. The van der Waals surface area contributed by atoms with E-state index in [1.165, 1.54) is 19.3 Å². The van der Waals surface area contributed by atoms with Gasteiger partial charge in [-0.15, -0.1) is 0 Å². The average molecular weight is 315 g/mol. The molecule has 0 atom stereocenters. The molecule has 0 N–H and O–H groups in total. The van der Waals surface area contributed by atoms with Gasteiger partial charge in [-0.05, 0) is 55.7 Å². The van der Waals surface area contributed by atoms with Gasteiger partial charge in [-0.1, -0.05) is 0 Å². The quantitative estimate of drug-likeness (QED) is 0.787. The molecule has 1 aromatic rings. The topological polar surface area (TPSA) is 41.6 Å². The van der Waals surface area contributed by atoms with Gasteiger partial charge in [-0.25, -0.2) is 0 Å². The predicted molar refractivity (Wildman–Crippen MR) is 66.5 cm³/mol. The van der Waals surface area contributed by atoms with E-state index in [2.05, 4.69) is 40.0 Å². The first-order valence-electron chi connectivity index (χ1n) is 5.21. The van der Waals surface area contributed by atoms with Crippen molar-refractivity contribution in [3.05, 3.63) is 15.5 Å². The molecule has 1 aliphatic carbocycles. The SMILES string of the molecule is CC(C)(C#N)c1nn(C2CCC2)cc1I. The maximum Gasteiger partial charge on any atom is 0.0966 e. The Bertz CT molecular complexity index is 410. The summed E-state index contributed by atoms with van der Waals surface area (Å²) in [6.45, 7) is 3.84. The van der Waals surface area contributed by atoms with Crippen molar-refractivity contribution in [1.29, 1.82) is 5.26 Å². The molecule has 1 fully saturated rings. The van der Waals surface area contributed by atoms with Crippen molar-refractivity contribution in [2.45, 2.75) is 44.6 Å². The van der Waals surface area contributed by atoms with Gasteiger partial charge in [0, 0.05) is 6.20 Å². The highest BCUT2D eigenvalue weighted by molar-refractivity contribution is 14.1. The molecule has 1 heterocycles. The van der Waals surface area contributed by atoms with Crippen LogP contribution in [0.1, 0.15) is 44.8 Å². The third-order valence-corrected chi connectivity index (χ3v) is 3.80. The molecular formula is C11H14IN3. The Balaban J connectivity index is 2.33. The number of rotatable bonds is 2. The minimum atomic E-state index is -0.481. The number of hydrogen-bond donors (Lipinski definition) is 0. The first-order valence-corrected chi connectivity index (χ1v) is 6.29. The van der Waals surface area contributed by atoms with Crippen molar-refractivity contribution < 1.29 is 0 Å². The zero-order chi connectivity index (χ0) is 11.1. The minimum Gasteiger partial charge on any atom is -0.268 e. The lowest BCUT2D eigenvalue weighted by Gasteiger charge is -2.25. The third-order valence-electron chi connectivity index (χ3n) is 3.01. The van der Waals surface area contributed by atoms with Crippen molar-refractivity contribution in [2.24, 2.45) is 0 Å². The van der Waals surface area contributed by atoms with Crippen LogP contribution in [-0.2, 0) is 5.41 Å². The van der Waals surface area contributed by atoms with Crippen molar-refractivity contribution in [2.75, 3.05) is 0 Å². The summed E-state index contributed by atoms with van der Waals surface area (Å²) < 4.78 is 3.14. The van der Waals surface area contributed by atoms with Gasteiger partial charge in [-0.3, -0.25) is 4.68 Å². The molecule has 0 radical (unpaired) electrons. The molecule has 0 aromatic carbocycles. The summed E-state index contributed by atoms with van der Waals surface area (Å²) in [4.78, 5) is 0. The Morgan fingerprint density at radius 1 is 1.60 bits per heavy atom. The van der Waals surface area contributed by atoms with Gasteiger partial charge < -0.3 is 0 Å². The van der Waals surface area contributed by atoms with Crippen LogP contribution < -0.4 is 0 Å². The van der Waals surface area contributed by atoms with E-state index in [9.17, 15) is 0 Å². The summed E-state index contributed by atoms with van der Waals surface area (Å²) in [5.74, 6) is 0. The summed E-state index contributed by atoms with van der Waals surface area (Å²) >= 11 is 2.27. The van der Waals surface area contributed by atoms with Crippen molar-refractivity contribution >= 4 is 22.6 Å². The van der Waals surface area contributed by atoms with Crippen LogP contribution in [0.5, 0.6) is 0 Å². The molecule has 0 unspecified atom stereocenters. The standard InChI is InChI=1S/C11H14IN3/c1-11(2,7-13)10-9(12)6-15(14-10)8-4-3-5-8/h6,8H,3-5H2,1-2H3. The van der Waals surface area contributed by atoms with E-state index < -0.39 is 5.41 Å². The van der Waals surface area contributed by atoms with Gasteiger partial charge in [0.15, 0.2) is 0 Å². The second kappa shape index (κ2) is 3.78. The minimum absolute atomic E-state index is 0.481. The largest absolute Gasteiger partial charge is 0.268 e. The highest BCUT2D eigenvalue weighted by Gasteiger charge is 2.29. The second-order valence-electron chi connectivity index (χ2n) is 4.63. The molecule has 80 valence electrons. The Morgan fingerprint density at radius 2 is 2.27 bits per heavy atom. The maximum atomic E-state index is 9.09. The van der Waals surface area contributed by atoms with E-state index in [-0.39, 0.29) is 0 Å². The Labute approximate surface area is 104 Å². The summed E-state index contributed by atoms with van der Waals surface area (Å²) in [7, 11) is 0. The van der Waals surface area contributed by atoms with Crippen LogP contribution in [-0.4, -0.2) is 9.78 Å². The third kappa shape index (κ3) is 1.89. The predicted octanol–water partition coefficient (Wildman–Crippen LogP) is 3.01. The molecule has 3 nitrogen and oxygen atoms in total. The fourth-order valence-electron chi connectivity index (χ4n) is 1.68. The number of aromatic nitrogens is 2. The van der Waals surface area contributed by atoms with E-state index in [0.29, 0.717) is 6.04 Å². The van der Waals surface area contributed by atoms with E-state index >= 15 is 0 Å². The summed E-state index contributed by atoms with van der Waals surface area (Å²) in [5.41, 5.74) is 0.434. The number of nitriles is 1. The van der Waals surface area contributed by atoms with Crippen LogP contribution in [0.15, 0.2) is 6.20 Å². The summed E-state index contributed by atoms with van der Waals surface area (Å²) in [6.07, 6.45) is 5.82. The smallest absolute Gasteiger partial charge is 0.0966 e. The Morgan fingerprint density at radius 3 is 2.73 bits per heavy atom. The highest BCUT2D eigenvalue weighted by atomic mass is 127. The fraction of sp³-hybridized carbons (Fsp3) is 0.636. The average Bonchev–Trinajstić information content (AvgIpc) is 2.45. The molecule has 0 spiro atoms. The van der Waals surface area contributed by atoms with Crippen LogP contribution in [0, 0.1) is 14.9 Å². The van der Waals surface area contributed by atoms with Crippen LogP contribution in [0.25, 0.3) is 0 Å². The lowest BCUT2D eigenvalue weighted by Crippen LogP contribution is -2.20. The molecular weight excluding hydrogens is 301 g/mol. The van der Waals surface area contributed by atoms with E-state index in [1.807, 2.05) is 18.5 Å². The van der Waals surface area contributed by atoms with Crippen molar-refractivity contribution in [3.8, 4) is 6.07 Å². The van der Waals surface area contributed by atoms with Crippen LogP contribution in [0.3, 0.4) is 0 Å². The van der Waals surface area contributed by atoms with Gasteiger partial charge in [0.1, 0.15) is 0 Å². The summed E-state index contributed by atoms with van der Waals surface area (Å²) in [6, 6.07) is 2.88. The molecule has 1 aliphatic rings. The molecule has 2 rings (SSSR count). The van der Waals surface area contributed by atoms with E-state index in [4.69, 9.17) is 5.26 Å². The first kappa shape index (κ1) is 10.9. The molecule has 4 heteroatoms. The number of nitrogens with zero attached hydrogens (tertiary/aromatic N) is 3. The van der Waals surface area contributed by atoms with Gasteiger partial charge in [-0.2, -0.15) is 10.4 Å². The number of halogens is 1. The monoisotopic (exact) mass is 315 g/mol. The van der Waals surface area contributed by atoms with Gasteiger partial charge in [0.05, 0.1) is 26.8 Å². The van der Waals surface area contributed by atoms with Gasteiger partial charge in [0.25, 0.3) is 0 Å². The summed E-state index contributed by atoms with van der Waals surface area (Å²) in [5, 5.41) is 13.6. The van der Waals surface area contributed by atoms with Crippen molar-refractivity contribution in [1.82, 2.24) is 9.78 Å². The van der Waals surface area contributed by atoms with Crippen molar-refractivity contribution in [3.63, 3.8) is 0 Å². The molecule has 0 amide bonds. The molecule has 1 aromatic heterocycles. The highest BCUT2D eigenvalue weighted by Crippen LogP contribution is 2.33. The molecule has 0 saturated heterocycles. The van der Waals surface area contributed by atoms with Gasteiger partial charge in [0.2, 0.25) is 0 Å². The number of hydrogen-bond acceptors (Lipinski definition) is 2. The zero-order valence-corrected chi connectivity index (χ0v) is 11.2. The second-order valence-corrected chi connectivity index (χ2v) is 5.79. The van der Waals surface area contributed by atoms with Crippen LogP contribution >= 0.6 is 22.6 Å².